The minimum atomic E-state index is -0.587. The largest absolute Gasteiger partial charge is 0.389 e. The molecule has 0 aromatic carbocycles. The number of nitrogens with one attached hydrogen (secondary N) is 1. The third kappa shape index (κ3) is 13.7. The van der Waals surface area contributed by atoms with E-state index in [1.807, 2.05) is 19.1 Å². The SMILES string of the molecule is CC(=O)CCC(C)OC/C(CCC(C)C(C)C)=N/OCc1ccc(-c2nc(NC(=O)C(N)CCCCN)cs2)cn1. The van der Waals surface area contributed by atoms with E-state index < -0.39 is 6.04 Å². The van der Waals surface area contributed by atoms with Crippen LogP contribution in [0.25, 0.3) is 10.6 Å². The number of nitrogens with zero attached hydrogens (tertiary/aromatic N) is 3. The van der Waals surface area contributed by atoms with E-state index in [2.05, 4.69) is 41.2 Å². The Balaban J connectivity index is 1.92. The fourth-order valence-corrected chi connectivity index (χ4v) is 4.49. The van der Waals surface area contributed by atoms with E-state index in [1.54, 1.807) is 18.5 Å². The van der Waals surface area contributed by atoms with Crippen LogP contribution >= 0.6 is 11.3 Å². The highest BCUT2D eigenvalue weighted by Gasteiger charge is 2.16. The second-order valence-corrected chi connectivity index (χ2v) is 11.9. The zero-order valence-electron chi connectivity index (χ0n) is 25.2. The number of anilines is 1. The normalized spacial score (nSPS) is 14.1. The molecule has 0 bridgehead atoms. The predicted molar refractivity (Wildman–Crippen MR) is 166 cm³/mol. The highest BCUT2D eigenvalue weighted by atomic mass is 32.1. The van der Waals surface area contributed by atoms with Gasteiger partial charge in [-0.05, 0) is 76.5 Å². The first kappa shape index (κ1) is 34.5. The number of oxime groups is 1. The molecule has 3 unspecified atom stereocenters. The maximum Gasteiger partial charge on any atom is 0.242 e. The summed E-state index contributed by atoms with van der Waals surface area (Å²) in [6, 6.07) is 3.21. The zero-order valence-corrected chi connectivity index (χ0v) is 26.0. The molecule has 0 spiro atoms. The maximum atomic E-state index is 12.3. The summed E-state index contributed by atoms with van der Waals surface area (Å²) in [5.41, 5.74) is 13.9. The number of aromatic nitrogens is 2. The average Bonchev–Trinajstić information content (AvgIpc) is 3.41. The summed E-state index contributed by atoms with van der Waals surface area (Å²) in [5, 5.41) is 9.70. The van der Waals surface area contributed by atoms with Gasteiger partial charge in [0.25, 0.3) is 0 Å². The smallest absolute Gasteiger partial charge is 0.242 e. The van der Waals surface area contributed by atoms with E-state index in [1.165, 1.54) is 11.3 Å². The Morgan fingerprint density at radius 1 is 1.10 bits per heavy atom. The number of thiazole rings is 1. The zero-order chi connectivity index (χ0) is 30.2. The van der Waals surface area contributed by atoms with Gasteiger partial charge in [0.05, 0.1) is 30.2 Å². The molecular weight excluding hydrogens is 540 g/mol. The van der Waals surface area contributed by atoms with Gasteiger partial charge in [0, 0.05) is 23.6 Å². The molecule has 0 aliphatic heterocycles. The number of Topliss-reactive ketones (excluding diaryl/α,β-unsaturated/α-hetero) is 1. The van der Waals surface area contributed by atoms with Crippen molar-refractivity contribution in [2.75, 3.05) is 18.5 Å². The lowest BCUT2D eigenvalue weighted by atomic mass is 9.92. The fraction of sp³-hybridized carbons (Fsp3) is 0.633. The Bertz CT molecular complexity index is 1090. The monoisotopic (exact) mass is 588 g/mol. The van der Waals surface area contributed by atoms with Crippen LogP contribution in [-0.4, -0.2) is 52.7 Å². The molecule has 2 aromatic rings. The van der Waals surface area contributed by atoms with E-state index in [-0.39, 0.29) is 24.4 Å². The van der Waals surface area contributed by atoms with Crippen molar-refractivity contribution in [3.63, 3.8) is 0 Å². The predicted octanol–water partition coefficient (Wildman–Crippen LogP) is 5.32. The van der Waals surface area contributed by atoms with Crippen molar-refractivity contribution in [1.82, 2.24) is 9.97 Å². The molecule has 1 amide bonds. The Kier molecular flexibility index (Phi) is 15.7. The number of ether oxygens (including phenoxy) is 1. The molecule has 41 heavy (non-hydrogen) atoms. The molecule has 3 atom stereocenters. The van der Waals surface area contributed by atoms with Crippen LogP contribution < -0.4 is 16.8 Å². The highest BCUT2D eigenvalue weighted by molar-refractivity contribution is 7.13. The van der Waals surface area contributed by atoms with Crippen LogP contribution in [0.3, 0.4) is 0 Å². The Morgan fingerprint density at radius 3 is 2.54 bits per heavy atom. The molecule has 0 saturated heterocycles. The first-order valence-electron chi connectivity index (χ1n) is 14.5. The number of hydrogen-bond donors (Lipinski definition) is 3. The van der Waals surface area contributed by atoms with Crippen LogP contribution in [0.5, 0.6) is 0 Å². The lowest BCUT2D eigenvalue weighted by molar-refractivity contribution is -0.118. The van der Waals surface area contributed by atoms with E-state index >= 15 is 0 Å². The summed E-state index contributed by atoms with van der Waals surface area (Å²) < 4.78 is 5.95. The van der Waals surface area contributed by atoms with Crippen molar-refractivity contribution >= 4 is 34.6 Å². The maximum absolute atomic E-state index is 12.3. The minimum Gasteiger partial charge on any atom is -0.389 e. The summed E-state index contributed by atoms with van der Waals surface area (Å²) in [4.78, 5) is 38.3. The number of unbranched alkanes of at least 4 members (excludes halogenated alkanes) is 1. The number of amides is 1. The Labute approximate surface area is 248 Å². The molecule has 228 valence electrons. The van der Waals surface area contributed by atoms with Crippen molar-refractivity contribution < 1.29 is 19.2 Å². The minimum absolute atomic E-state index is 0.0291. The van der Waals surface area contributed by atoms with Crippen LogP contribution in [0.2, 0.25) is 0 Å². The molecule has 2 aromatic heterocycles. The number of hydrogen-bond acceptors (Lipinski definition) is 10. The molecular formula is C30H48N6O4S. The molecule has 10 nitrogen and oxygen atoms in total. The van der Waals surface area contributed by atoms with Gasteiger partial charge in [-0.2, -0.15) is 0 Å². The van der Waals surface area contributed by atoms with Gasteiger partial charge in [-0.1, -0.05) is 32.3 Å². The van der Waals surface area contributed by atoms with E-state index in [4.69, 9.17) is 21.0 Å². The summed E-state index contributed by atoms with van der Waals surface area (Å²) >= 11 is 1.42. The molecule has 0 aliphatic rings. The molecule has 0 fully saturated rings. The van der Waals surface area contributed by atoms with E-state index in [9.17, 15) is 9.59 Å². The summed E-state index contributed by atoms with van der Waals surface area (Å²) in [6.07, 6.45) is 6.93. The van der Waals surface area contributed by atoms with Gasteiger partial charge in [-0.25, -0.2) is 4.98 Å². The molecule has 0 saturated carbocycles. The molecule has 2 heterocycles. The van der Waals surface area contributed by atoms with Crippen molar-refractivity contribution in [2.45, 2.75) is 98.3 Å². The average molecular weight is 589 g/mol. The quantitative estimate of drug-likeness (QED) is 0.107. The van der Waals surface area contributed by atoms with Gasteiger partial charge in [-0.15, -0.1) is 11.3 Å². The first-order valence-corrected chi connectivity index (χ1v) is 15.4. The van der Waals surface area contributed by atoms with Crippen molar-refractivity contribution in [3.8, 4) is 10.6 Å². The van der Waals surface area contributed by atoms with Gasteiger partial charge in [-0.3, -0.25) is 9.78 Å². The highest BCUT2D eigenvalue weighted by Crippen LogP contribution is 2.26. The second-order valence-electron chi connectivity index (χ2n) is 11.0. The summed E-state index contributed by atoms with van der Waals surface area (Å²) in [6.45, 7) is 11.4. The third-order valence-corrected chi connectivity index (χ3v) is 7.89. The number of carbonyl (C=O) groups excluding carboxylic acids is 2. The van der Waals surface area contributed by atoms with E-state index in [0.717, 1.165) is 47.7 Å². The van der Waals surface area contributed by atoms with Gasteiger partial charge in [0.2, 0.25) is 5.91 Å². The molecule has 5 N–H and O–H groups in total. The number of nitrogens with two attached hydrogens (primary N) is 2. The summed E-state index contributed by atoms with van der Waals surface area (Å²) in [5.74, 6) is 1.53. The van der Waals surface area contributed by atoms with Crippen LogP contribution in [0.4, 0.5) is 5.82 Å². The lowest BCUT2D eigenvalue weighted by Crippen LogP contribution is -2.35. The fourth-order valence-electron chi connectivity index (χ4n) is 3.75. The second kappa shape index (κ2) is 18.7. The number of carbonyl (C=O) groups is 2. The van der Waals surface area contributed by atoms with E-state index in [0.29, 0.717) is 50.1 Å². The molecule has 2 rings (SSSR count). The van der Waals surface area contributed by atoms with Crippen LogP contribution in [0, 0.1) is 11.8 Å². The molecule has 0 radical (unpaired) electrons. The Hall–Kier alpha value is -2.73. The van der Waals surface area contributed by atoms with Gasteiger partial charge >= 0.3 is 0 Å². The summed E-state index contributed by atoms with van der Waals surface area (Å²) in [7, 11) is 0. The topological polar surface area (TPSA) is 155 Å². The Morgan fingerprint density at radius 2 is 1.88 bits per heavy atom. The third-order valence-electron chi connectivity index (χ3n) is 7.00. The van der Waals surface area contributed by atoms with Crippen molar-refractivity contribution in [3.05, 3.63) is 29.4 Å². The molecule has 0 aliphatic carbocycles. The van der Waals surface area contributed by atoms with Crippen molar-refractivity contribution in [1.29, 1.82) is 0 Å². The first-order chi connectivity index (χ1) is 19.6. The van der Waals surface area contributed by atoms with Gasteiger partial charge in [0.15, 0.2) is 6.61 Å². The standard InChI is InChI=1S/C30H48N6O4S/c1-20(2)21(3)9-13-26(17-39-23(5)11-10-22(4)37)36-40-18-25-14-12-24(16-33-25)30-35-28(19-41-30)34-29(38)27(32)8-6-7-15-31/h12,14,16,19-21,23,27H,6-11,13,15,17-18,31-32H2,1-5H3,(H,34,38)/b36-26+. The van der Waals surface area contributed by atoms with Gasteiger partial charge in [0.1, 0.15) is 16.6 Å². The lowest BCUT2D eigenvalue weighted by Gasteiger charge is -2.17. The van der Waals surface area contributed by atoms with Gasteiger partial charge < -0.3 is 31.2 Å². The van der Waals surface area contributed by atoms with Crippen LogP contribution in [0.1, 0.15) is 85.3 Å². The number of ketones is 1. The molecule has 11 heteroatoms. The van der Waals surface area contributed by atoms with Crippen LogP contribution in [-0.2, 0) is 25.8 Å². The van der Waals surface area contributed by atoms with Crippen LogP contribution in [0.15, 0.2) is 28.9 Å². The number of rotatable bonds is 20. The van der Waals surface area contributed by atoms with Crippen molar-refractivity contribution in [2.24, 2.45) is 28.5 Å². The number of pyridine rings is 1.